The molecule has 29 heavy (non-hydrogen) atoms. The van der Waals surface area contributed by atoms with Gasteiger partial charge in [0.1, 0.15) is 0 Å². The van der Waals surface area contributed by atoms with Crippen LogP contribution in [0.15, 0.2) is 78.9 Å². The largest absolute Gasteiger partial charge is 0.465 e. The van der Waals surface area contributed by atoms with Crippen LogP contribution in [-0.4, -0.2) is 31.6 Å². The first-order valence-corrected chi connectivity index (χ1v) is 8.89. The number of rotatable bonds is 6. The molecule has 1 amide bonds. The molecule has 0 radical (unpaired) electrons. The molecule has 0 atom stereocenters. The van der Waals surface area contributed by atoms with E-state index in [2.05, 4.69) is 10.1 Å². The third kappa shape index (κ3) is 4.87. The van der Waals surface area contributed by atoms with Crippen molar-refractivity contribution in [2.24, 2.45) is 0 Å². The van der Waals surface area contributed by atoms with Gasteiger partial charge in [-0.15, -0.1) is 0 Å². The molecule has 146 valence electrons. The van der Waals surface area contributed by atoms with E-state index >= 15 is 0 Å². The molecule has 6 nitrogen and oxygen atoms in total. The molecular formula is C23H19NO5. The van der Waals surface area contributed by atoms with Gasteiger partial charge in [-0.2, -0.15) is 0 Å². The van der Waals surface area contributed by atoms with Gasteiger partial charge in [0, 0.05) is 11.3 Å². The first kappa shape index (κ1) is 19.8. The van der Waals surface area contributed by atoms with Crippen LogP contribution < -0.4 is 5.32 Å². The molecule has 1 N–H and O–H groups in total. The van der Waals surface area contributed by atoms with Crippen LogP contribution in [0.3, 0.4) is 0 Å². The standard InChI is InChI=1S/C23H19NO5/c1-28-22(26)18-12-5-6-13-19(18)23(27)29-15-21(25)24-20-14-8-7-11-17(20)16-9-3-2-4-10-16/h2-14H,15H2,1H3,(H,24,25). The van der Waals surface area contributed by atoms with Gasteiger partial charge in [0.2, 0.25) is 0 Å². The predicted molar refractivity (Wildman–Crippen MR) is 109 cm³/mol. The summed E-state index contributed by atoms with van der Waals surface area (Å²) in [5.74, 6) is -1.92. The molecule has 0 bridgehead atoms. The van der Waals surface area contributed by atoms with Crippen molar-refractivity contribution in [2.75, 3.05) is 19.0 Å². The number of carbonyl (C=O) groups excluding carboxylic acids is 3. The zero-order chi connectivity index (χ0) is 20.6. The van der Waals surface area contributed by atoms with E-state index in [9.17, 15) is 14.4 Å². The fraction of sp³-hybridized carbons (Fsp3) is 0.0870. The lowest BCUT2D eigenvalue weighted by atomic mass is 10.0. The molecular weight excluding hydrogens is 370 g/mol. The summed E-state index contributed by atoms with van der Waals surface area (Å²) >= 11 is 0. The van der Waals surface area contributed by atoms with E-state index in [1.54, 1.807) is 24.3 Å². The Balaban J connectivity index is 1.68. The molecule has 3 aromatic rings. The van der Waals surface area contributed by atoms with Crippen molar-refractivity contribution in [2.45, 2.75) is 0 Å². The highest BCUT2D eigenvalue weighted by Crippen LogP contribution is 2.27. The molecule has 0 aliphatic rings. The van der Waals surface area contributed by atoms with Crippen molar-refractivity contribution in [1.82, 2.24) is 0 Å². The highest BCUT2D eigenvalue weighted by molar-refractivity contribution is 6.04. The third-order valence-electron chi connectivity index (χ3n) is 4.17. The van der Waals surface area contributed by atoms with Crippen molar-refractivity contribution < 1.29 is 23.9 Å². The Morgan fingerprint density at radius 1 is 0.759 bits per heavy atom. The lowest BCUT2D eigenvalue weighted by Gasteiger charge is -2.12. The topological polar surface area (TPSA) is 81.7 Å². The Labute approximate surface area is 168 Å². The van der Waals surface area contributed by atoms with Crippen LogP contribution in [-0.2, 0) is 14.3 Å². The highest BCUT2D eigenvalue weighted by atomic mass is 16.5. The van der Waals surface area contributed by atoms with Gasteiger partial charge < -0.3 is 14.8 Å². The second kappa shape index (κ2) is 9.32. The maximum atomic E-state index is 12.3. The van der Waals surface area contributed by atoms with Crippen molar-refractivity contribution in [3.63, 3.8) is 0 Å². The van der Waals surface area contributed by atoms with E-state index in [4.69, 9.17) is 4.74 Å². The summed E-state index contributed by atoms with van der Waals surface area (Å²) in [5.41, 5.74) is 2.53. The minimum absolute atomic E-state index is 0.0387. The van der Waals surface area contributed by atoms with Crippen LogP contribution in [0.1, 0.15) is 20.7 Å². The number of nitrogens with one attached hydrogen (secondary N) is 1. The predicted octanol–water partition coefficient (Wildman–Crippen LogP) is 3.94. The molecule has 0 fully saturated rings. The number of esters is 2. The summed E-state index contributed by atoms with van der Waals surface area (Å²) < 4.78 is 9.75. The molecule has 6 heteroatoms. The quantitative estimate of drug-likeness (QED) is 0.646. The van der Waals surface area contributed by atoms with E-state index in [0.717, 1.165) is 11.1 Å². The number of hydrogen-bond acceptors (Lipinski definition) is 5. The van der Waals surface area contributed by atoms with Crippen LogP contribution in [0.25, 0.3) is 11.1 Å². The number of benzene rings is 3. The van der Waals surface area contributed by atoms with Crippen LogP contribution in [0.2, 0.25) is 0 Å². The summed E-state index contributed by atoms with van der Waals surface area (Å²) in [7, 11) is 1.22. The second-order valence-electron chi connectivity index (χ2n) is 6.07. The summed E-state index contributed by atoms with van der Waals surface area (Å²) in [4.78, 5) is 36.4. The average molecular weight is 389 g/mol. The maximum Gasteiger partial charge on any atom is 0.339 e. The fourth-order valence-corrected chi connectivity index (χ4v) is 2.81. The van der Waals surface area contributed by atoms with Crippen molar-refractivity contribution in [3.05, 3.63) is 90.0 Å². The number of amides is 1. The molecule has 0 heterocycles. The van der Waals surface area contributed by atoms with Gasteiger partial charge in [0.15, 0.2) is 6.61 Å². The smallest absolute Gasteiger partial charge is 0.339 e. The minimum Gasteiger partial charge on any atom is -0.465 e. The van der Waals surface area contributed by atoms with Crippen LogP contribution in [0.4, 0.5) is 5.69 Å². The summed E-state index contributed by atoms with van der Waals surface area (Å²) in [6, 6.07) is 23.1. The Kier molecular flexibility index (Phi) is 6.37. The number of para-hydroxylation sites is 1. The molecule has 0 saturated carbocycles. The third-order valence-corrected chi connectivity index (χ3v) is 4.17. The Morgan fingerprint density at radius 3 is 2.03 bits per heavy atom. The SMILES string of the molecule is COC(=O)c1ccccc1C(=O)OCC(=O)Nc1ccccc1-c1ccccc1. The van der Waals surface area contributed by atoms with Crippen LogP contribution >= 0.6 is 0 Å². The van der Waals surface area contributed by atoms with E-state index in [1.165, 1.54) is 19.2 Å². The maximum absolute atomic E-state index is 12.3. The number of anilines is 1. The van der Waals surface area contributed by atoms with Gasteiger partial charge in [-0.3, -0.25) is 4.79 Å². The van der Waals surface area contributed by atoms with Gasteiger partial charge in [0.05, 0.1) is 18.2 Å². The van der Waals surface area contributed by atoms with Crippen molar-refractivity contribution in [1.29, 1.82) is 0 Å². The molecule has 0 saturated heterocycles. The number of carbonyl (C=O) groups is 3. The fourth-order valence-electron chi connectivity index (χ4n) is 2.81. The Hall–Kier alpha value is -3.93. The van der Waals surface area contributed by atoms with Gasteiger partial charge in [-0.1, -0.05) is 60.7 Å². The van der Waals surface area contributed by atoms with Crippen LogP contribution in [0, 0.1) is 0 Å². The van der Waals surface area contributed by atoms with E-state index in [1.807, 2.05) is 42.5 Å². The summed E-state index contributed by atoms with van der Waals surface area (Å²) in [6.07, 6.45) is 0. The Bertz CT molecular complexity index is 1030. The van der Waals surface area contributed by atoms with Gasteiger partial charge in [-0.05, 0) is 23.8 Å². The first-order chi connectivity index (χ1) is 14.1. The molecule has 0 aliphatic heterocycles. The average Bonchev–Trinajstić information content (AvgIpc) is 2.78. The minimum atomic E-state index is -0.780. The lowest BCUT2D eigenvalue weighted by molar-refractivity contribution is -0.119. The number of methoxy groups -OCH3 is 1. The highest BCUT2D eigenvalue weighted by Gasteiger charge is 2.19. The second-order valence-corrected chi connectivity index (χ2v) is 6.07. The van der Waals surface area contributed by atoms with Gasteiger partial charge in [0.25, 0.3) is 5.91 Å². The lowest BCUT2D eigenvalue weighted by Crippen LogP contribution is -2.22. The monoisotopic (exact) mass is 389 g/mol. The van der Waals surface area contributed by atoms with E-state index < -0.39 is 24.5 Å². The molecule has 0 aliphatic carbocycles. The zero-order valence-electron chi connectivity index (χ0n) is 15.8. The summed E-state index contributed by atoms with van der Waals surface area (Å²) in [6.45, 7) is -0.489. The van der Waals surface area contributed by atoms with E-state index in [-0.39, 0.29) is 11.1 Å². The molecule has 0 unspecified atom stereocenters. The summed E-state index contributed by atoms with van der Waals surface area (Å²) in [5, 5.41) is 2.76. The van der Waals surface area contributed by atoms with Gasteiger partial charge >= 0.3 is 11.9 Å². The molecule has 0 aromatic heterocycles. The zero-order valence-corrected chi connectivity index (χ0v) is 15.8. The molecule has 3 aromatic carbocycles. The van der Waals surface area contributed by atoms with Crippen LogP contribution in [0.5, 0.6) is 0 Å². The molecule has 3 rings (SSSR count). The van der Waals surface area contributed by atoms with Crippen molar-refractivity contribution in [3.8, 4) is 11.1 Å². The number of hydrogen-bond donors (Lipinski definition) is 1. The van der Waals surface area contributed by atoms with E-state index in [0.29, 0.717) is 5.69 Å². The van der Waals surface area contributed by atoms with Gasteiger partial charge in [-0.25, -0.2) is 9.59 Å². The first-order valence-electron chi connectivity index (χ1n) is 8.89. The normalized spacial score (nSPS) is 10.1. The van der Waals surface area contributed by atoms with Crippen molar-refractivity contribution >= 4 is 23.5 Å². The molecule has 0 spiro atoms. The Morgan fingerprint density at radius 2 is 1.34 bits per heavy atom. The number of ether oxygens (including phenoxy) is 2.